The zero-order valence-electron chi connectivity index (χ0n) is 14.6. The third kappa shape index (κ3) is 3.22. The number of benzene rings is 2. The van der Waals surface area contributed by atoms with E-state index in [4.69, 9.17) is 10.00 Å². The van der Waals surface area contributed by atoms with E-state index in [9.17, 15) is 4.79 Å². The van der Waals surface area contributed by atoms with Gasteiger partial charge in [-0.15, -0.1) is 0 Å². The Bertz CT molecular complexity index is 864. The summed E-state index contributed by atoms with van der Waals surface area (Å²) in [5.74, 6) is -0.0521. The maximum Gasteiger partial charge on any atom is 0.238 e. The van der Waals surface area contributed by atoms with Crippen molar-refractivity contribution in [3.8, 4) is 6.07 Å². The van der Waals surface area contributed by atoms with Crippen LogP contribution in [0, 0.1) is 11.3 Å². The number of hydrogen-bond donors (Lipinski definition) is 1. The summed E-state index contributed by atoms with van der Waals surface area (Å²) in [6.45, 7) is 2.71. The van der Waals surface area contributed by atoms with Crippen LogP contribution in [0.2, 0.25) is 0 Å². The van der Waals surface area contributed by atoms with E-state index in [0.29, 0.717) is 24.4 Å². The normalized spacial score (nSPS) is 18.3. The molecule has 4 rings (SSSR count). The zero-order chi connectivity index (χ0) is 18.0. The number of nitrogens with one attached hydrogen (secondary N) is 1. The van der Waals surface area contributed by atoms with Gasteiger partial charge in [-0.25, -0.2) is 0 Å². The van der Waals surface area contributed by atoms with E-state index in [1.165, 1.54) is 11.1 Å². The fourth-order valence-electron chi connectivity index (χ4n) is 3.94. The summed E-state index contributed by atoms with van der Waals surface area (Å²) in [4.78, 5) is 14.5. The third-order valence-corrected chi connectivity index (χ3v) is 5.32. The molecule has 2 heterocycles. The summed E-state index contributed by atoms with van der Waals surface area (Å²) in [5, 5.41) is 11.8. The first-order valence-corrected chi connectivity index (χ1v) is 8.93. The SMILES string of the molecule is N#Cc1cccc(NC(=O)CN2CCC3(CC2)OCc2ccccc23)c1. The molecule has 0 unspecified atom stereocenters. The van der Waals surface area contributed by atoms with Gasteiger partial charge in [-0.3, -0.25) is 9.69 Å². The number of ether oxygens (including phenoxy) is 1. The number of nitrogens with zero attached hydrogens (tertiary/aromatic N) is 2. The number of anilines is 1. The number of hydrogen-bond acceptors (Lipinski definition) is 4. The van der Waals surface area contributed by atoms with E-state index in [1.807, 2.05) is 0 Å². The Labute approximate surface area is 153 Å². The molecule has 1 amide bonds. The van der Waals surface area contributed by atoms with Gasteiger partial charge in [0, 0.05) is 18.8 Å². The molecule has 0 saturated carbocycles. The van der Waals surface area contributed by atoms with Crippen LogP contribution in [0.1, 0.15) is 29.5 Å². The van der Waals surface area contributed by atoms with E-state index < -0.39 is 0 Å². The number of carbonyl (C=O) groups is 1. The van der Waals surface area contributed by atoms with Crippen molar-refractivity contribution in [3.05, 3.63) is 65.2 Å². The lowest BCUT2D eigenvalue weighted by Gasteiger charge is -2.39. The fourth-order valence-corrected chi connectivity index (χ4v) is 3.94. The molecule has 1 N–H and O–H groups in total. The molecule has 2 aromatic rings. The molecule has 26 heavy (non-hydrogen) atoms. The molecule has 0 radical (unpaired) electrons. The lowest BCUT2D eigenvalue weighted by molar-refractivity contribution is -0.120. The minimum atomic E-state index is -0.176. The van der Waals surface area contributed by atoms with Crippen LogP contribution < -0.4 is 5.32 Å². The van der Waals surface area contributed by atoms with Gasteiger partial charge in [0.15, 0.2) is 0 Å². The van der Waals surface area contributed by atoms with Crippen LogP contribution in [0.4, 0.5) is 5.69 Å². The number of likely N-dealkylation sites (tertiary alicyclic amines) is 1. The summed E-state index contributed by atoms with van der Waals surface area (Å²) in [7, 11) is 0. The first-order valence-electron chi connectivity index (χ1n) is 8.93. The molecular weight excluding hydrogens is 326 g/mol. The molecule has 132 valence electrons. The second kappa shape index (κ2) is 6.91. The Morgan fingerprint density at radius 2 is 2.00 bits per heavy atom. The van der Waals surface area contributed by atoms with Gasteiger partial charge in [0.2, 0.25) is 5.91 Å². The van der Waals surface area contributed by atoms with Crippen LogP contribution in [-0.4, -0.2) is 30.4 Å². The van der Waals surface area contributed by atoms with Crippen molar-refractivity contribution in [3.63, 3.8) is 0 Å². The highest BCUT2D eigenvalue weighted by Crippen LogP contribution is 2.43. The molecule has 5 nitrogen and oxygen atoms in total. The molecule has 5 heteroatoms. The minimum absolute atomic E-state index is 0.0521. The highest BCUT2D eigenvalue weighted by molar-refractivity contribution is 5.92. The lowest BCUT2D eigenvalue weighted by atomic mass is 9.84. The average molecular weight is 347 g/mol. The Hall–Kier alpha value is -2.68. The molecule has 0 aromatic heterocycles. The van der Waals surface area contributed by atoms with E-state index in [2.05, 4.69) is 40.6 Å². The van der Waals surface area contributed by atoms with Gasteiger partial charge >= 0.3 is 0 Å². The molecule has 2 aliphatic rings. The molecule has 1 fully saturated rings. The van der Waals surface area contributed by atoms with Gasteiger partial charge < -0.3 is 10.1 Å². The molecular formula is C21H21N3O2. The summed E-state index contributed by atoms with van der Waals surface area (Å²) < 4.78 is 6.17. The molecule has 1 saturated heterocycles. The Morgan fingerprint density at radius 1 is 1.19 bits per heavy atom. The summed E-state index contributed by atoms with van der Waals surface area (Å²) >= 11 is 0. The maximum atomic E-state index is 12.3. The summed E-state index contributed by atoms with van der Waals surface area (Å²) in [6, 6.07) is 17.5. The van der Waals surface area contributed by atoms with Gasteiger partial charge in [0.1, 0.15) is 0 Å². The molecule has 0 bridgehead atoms. The smallest absolute Gasteiger partial charge is 0.238 e. The number of nitriles is 1. The number of rotatable bonds is 3. The minimum Gasteiger partial charge on any atom is -0.365 e. The quantitative estimate of drug-likeness (QED) is 0.927. The molecule has 1 spiro atoms. The van der Waals surface area contributed by atoms with E-state index in [-0.39, 0.29) is 11.5 Å². The van der Waals surface area contributed by atoms with Gasteiger partial charge in [0.05, 0.1) is 30.4 Å². The standard InChI is InChI=1S/C21H21N3O2/c22-13-16-4-3-6-18(12-16)23-20(25)14-24-10-8-21(9-11-24)19-7-2-1-5-17(19)15-26-21/h1-7,12H,8-11,14-15H2,(H,23,25). The number of carbonyl (C=O) groups excluding carboxylic acids is 1. The Morgan fingerprint density at radius 3 is 2.81 bits per heavy atom. The van der Waals surface area contributed by atoms with Crippen LogP contribution in [0.3, 0.4) is 0 Å². The van der Waals surface area contributed by atoms with Crippen molar-refractivity contribution in [2.75, 3.05) is 25.0 Å². The fraction of sp³-hybridized carbons (Fsp3) is 0.333. The van der Waals surface area contributed by atoms with Crippen molar-refractivity contribution in [1.29, 1.82) is 5.26 Å². The van der Waals surface area contributed by atoms with Crippen LogP contribution in [0.5, 0.6) is 0 Å². The highest BCUT2D eigenvalue weighted by Gasteiger charge is 2.42. The third-order valence-electron chi connectivity index (χ3n) is 5.32. The largest absolute Gasteiger partial charge is 0.365 e. The molecule has 2 aliphatic heterocycles. The van der Waals surface area contributed by atoms with Gasteiger partial charge in [0.25, 0.3) is 0 Å². The van der Waals surface area contributed by atoms with E-state index >= 15 is 0 Å². The summed E-state index contributed by atoms with van der Waals surface area (Å²) in [6.07, 6.45) is 1.81. The van der Waals surface area contributed by atoms with E-state index in [1.54, 1.807) is 24.3 Å². The molecule has 0 atom stereocenters. The van der Waals surface area contributed by atoms with Crippen molar-refractivity contribution in [2.45, 2.75) is 25.0 Å². The average Bonchev–Trinajstić information content (AvgIpc) is 3.02. The second-order valence-corrected chi connectivity index (χ2v) is 6.96. The molecule has 2 aromatic carbocycles. The first-order chi connectivity index (χ1) is 12.7. The molecule has 0 aliphatic carbocycles. The predicted octanol–water partition coefficient (Wildman–Crippen LogP) is 3.02. The summed E-state index contributed by atoms with van der Waals surface area (Å²) in [5.41, 5.74) is 3.63. The van der Waals surface area contributed by atoms with Crippen LogP contribution in [-0.2, 0) is 21.7 Å². The van der Waals surface area contributed by atoms with Crippen LogP contribution in [0.15, 0.2) is 48.5 Å². The van der Waals surface area contributed by atoms with Gasteiger partial charge in [-0.1, -0.05) is 30.3 Å². The van der Waals surface area contributed by atoms with Crippen LogP contribution in [0.25, 0.3) is 0 Å². The van der Waals surface area contributed by atoms with Gasteiger partial charge in [-0.05, 0) is 42.2 Å². The van der Waals surface area contributed by atoms with Crippen molar-refractivity contribution in [2.24, 2.45) is 0 Å². The topological polar surface area (TPSA) is 65.4 Å². The van der Waals surface area contributed by atoms with Crippen molar-refractivity contribution >= 4 is 11.6 Å². The van der Waals surface area contributed by atoms with Crippen molar-refractivity contribution in [1.82, 2.24) is 4.90 Å². The van der Waals surface area contributed by atoms with E-state index in [0.717, 1.165) is 25.9 Å². The zero-order valence-corrected chi connectivity index (χ0v) is 14.6. The predicted molar refractivity (Wildman–Crippen MR) is 98.4 cm³/mol. The van der Waals surface area contributed by atoms with Gasteiger partial charge in [-0.2, -0.15) is 5.26 Å². The maximum absolute atomic E-state index is 12.3. The Kier molecular flexibility index (Phi) is 4.46. The number of piperidine rings is 1. The monoisotopic (exact) mass is 347 g/mol. The van der Waals surface area contributed by atoms with Crippen LogP contribution >= 0.6 is 0 Å². The number of fused-ring (bicyclic) bond motifs is 2. The second-order valence-electron chi connectivity index (χ2n) is 6.96. The Balaban J connectivity index is 1.34. The first kappa shape index (κ1) is 16.8. The highest BCUT2D eigenvalue weighted by atomic mass is 16.5. The lowest BCUT2D eigenvalue weighted by Crippen LogP contribution is -2.45. The number of amides is 1. The van der Waals surface area contributed by atoms with Crippen molar-refractivity contribution < 1.29 is 9.53 Å².